The zero-order valence-corrected chi connectivity index (χ0v) is 22.4. The number of hydrogen-bond acceptors (Lipinski definition) is 5. The van der Waals surface area contributed by atoms with E-state index in [4.69, 9.17) is 4.74 Å². The molecule has 0 fully saturated rings. The van der Waals surface area contributed by atoms with Crippen LogP contribution in [0.2, 0.25) is 0 Å². The molecule has 0 aromatic heterocycles. The summed E-state index contributed by atoms with van der Waals surface area (Å²) < 4.78 is 32.2. The highest BCUT2D eigenvalue weighted by Gasteiger charge is 2.30. The van der Waals surface area contributed by atoms with Crippen molar-refractivity contribution in [3.8, 4) is 5.75 Å². The van der Waals surface area contributed by atoms with Gasteiger partial charge in [0.05, 0.1) is 19.1 Å². The van der Waals surface area contributed by atoms with Crippen molar-refractivity contribution in [1.29, 1.82) is 0 Å². The number of halogens is 1. The third-order valence-corrected chi connectivity index (χ3v) is 6.95. The minimum absolute atomic E-state index is 0.121. The maximum atomic E-state index is 13.5. The maximum Gasteiger partial charge on any atom is 0.244 e. The van der Waals surface area contributed by atoms with Crippen LogP contribution in [0, 0.1) is 0 Å². The first-order chi connectivity index (χ1) is 16.1. The predicted molar refractivity (Wildman–Crippen MR) is 137 cm³/mol. The lowest BCUT2D eigenvalue weighted by Gasteiger charge is -2.31. The number of sulfonamides is 1. The van der Waals surface area contributed by atoms with E-state index in [1.165, 1.54) is 4.90 Å². The molecule has 0 saturated carbocycles. The Bertz CT molecular complexity index is 1080. The number of nitrogens with one attached hydrogen (secondary N) is 1. The normalized spacial score (nSPS) is 12.0. The topological polar surface area (TPSA) is 96.0 Å². The molecule has 0 bridgehead atoms. The third-order valence-electron chi connectivity index (χ3n) is 5.28. The fourth-order valence-electron chi connectivity index (χ4n) is 3.31. The van der Waals surface area contributed by atoms with Crippen LogP contribution in [0.5, 0.6) is 5.75 Å². The van der Waals surface area contributed by atoms with Gasteiger partial charge in [-0.3, -0.25) is 13.9 Å². The van der Waals surface area contributed by atoms with E-state index in [-0.39, 0.29) is 12.5 Å². The number of unbranched alkanes of at least 4 members (excludes halogenated alkanes) is 1. The first kappa shape index (κ1) is 27.7. The van der Waals surface area contributed by atoms with Crippen molar-refractivity contribution in [1.82, 2.24) is 10.2 Å². The number of benzene rings is 2. The summed E-state index contributed by atoms with van der Waals surface area (Å²) in [6.45, 7) is 3.86. The van der Waals surface area contributed by atoms with Gasteiger partial charge in [0, 0.05) is 17.6 Å². The molecule has 0 radical (unpaired) electrons. The average Bonchev–Trinajstić information content (AvgIpc) is 2.80. The largest absolute Gasteiger partial charge is 0.497 e. The summed E-state index contributed by atoms with van der Waals surface area (Å²) in [6, 6.07) is 13.0. The van der Waals surface area contributed by atoms with E-state index in [0.717, 1.165) is 33.4 Å². The number of ether oxygens (including phenoxy) is 1. The minimum Gasteiger partial charge on any atom is -0.497 e. The van der Waals surface area contributed by atoms with Crippen molar-refractivity contribution in [3.63, 3.8) is 0 Å². The van der Waals surface area contributed by atoms with Gasteiger partial charge in [-0.25, -0.2) is 8.42 Å². The Hall–Kier alpha value is -2.59. The quantitative estimate of drug-likeness (QED) is 0.405. The molecule has 0 saturated heterocycles. The summed E-state index contributed by atoms with van der Waals surface area (Å²) in [6.07, 6.45) is 2.81. The van der Waals surface area contributed by atoms with Crippen molar-refractivity contribution < 1.29 is 22.7 Å². The van der Waals surface area contributed by atoms with Crippen LogP contribution in [-0.2, 0) is 26.2 Å². The molecule has 0 spiro atoms. The van der Waals surface area contributed by atoms with Crippen LogP contribution < -0.4 is 14.4 Å². The monoisotopic (exact) mass is 553 g/mol. The van der Waals surface area contributed by atoms with Crippen LogP contribution in [0.1, 0.15) is 32.3 Å². The van der Waals surface area contributed by atoms with Crippen molar-refractivity contribution in [2.24, 2.45) is 0 Å². The van der Waals surface area contributed by atoms with E-state index in [1.807, 2.05) is 13.0 Å². The zero-order valence-electron chi connectivity index (χ0n) is 20.0. The zero-order chi connectivity index (χ0) is 25.3. The second kappa shape index (κ2) is 12.8. The minimum atomic E-state index is -3.76. The van der Waals surface area contributed by atoms with Gasteiger partial charge in [0.15, 0.2) is 0 Å². The number of amides is 2. The predicted octanol–water partition coefficient (Wildman–Crippen LogP) is 3.56. The molecular formula is C24H32BrN3O5S. The number of hydrogen-bond donors (Lipinski definition) is 1. The number of methoxy groups -OCH3 is 1. The smallest absolute Gasteiger partial charge is 0.244 e. The van der Waals surface area contributed by atoms with Gasteiger partial charge in [0.2, 0.25) is 21.8 Å². The highest BCUT2D eigenvalue weighted by atomic mass is 79.9. The first-order valence-corrected chi connectivity index (χ1v) is 13.6. The fourth-order valence-corrected chi connectivity index (χ4v) is 4.42. The molecule has 1 N–H and O–H groups in total. The van der Waals surface area contributed by atoms with E-state index < -0.39 is 28.5 Å². The van der Waals surface area contributed by atoms with Crippen LogP contribution >= 0.6 is 15.9 Å². The molecule has 186 valence electrons. The molecule has 1 atom stereocenters. The van der Waals surface area contributed by atoms with Crippen LogP contribution in [-0.4, -0.2) is 57.6 Å². The van der Waals surface area contributed by atoms with Crippen LogP contribution in [0.4, 0.5) is 5.69 Å². The maximum absolute atomic E-state index is 13.5. The summed E-state index contributed by atoms with van der Waals surface area (Å²) >= 11 is 3.33. The van der Waals surface area contributed by atoms with Gasteiger partial charge in [-0.05, 0) is 55.3 Å². The molecule has 2 amide bonds. The molecule has 0 heterocycles. The Labute approximate surface area is 210 Å². The third kappa shape index (κ3) is 8.02. The van der Waals surface area contributed by atoms with Crippen molar-refractivity contribution in [2.45, 2.75) is 39.3 Å². The number of rotatable bonds is 12. The highest BCUT2D eigenvalue weighted by molar-refractivity contribution is 9.10. The van der Waals surface area contributed by atoms with E-state index in [9.17, 15) is 18.0 Å². The van der Waals surface area contributed by atoms with Crippen molar-refractivity contribution >= 4 is 43.5 Å². The standard InChI is InChI=1S/C24H32BrN3O5S/c1-5-6-14-26-24(30)18(2)27(16-19-8-7-9-22(15-19)33-3)23(29)17-28(34(4,31)32)21-12-10-20(25)11-13-21/h7-13,15,18H,5-6,14,16-17H2,1-4H3,(H,26,30)/t18-/m0/s1. The number of nitrogens with zero attached hydrogens (tertiary/aromatic N) is 2. The molecule has 0 unspecified atom stereocenters. The van der Waals surface area contributed by atoms with Gasteiger partial charge in [-0.1, -0.05) is 41.4 Å². The van der Waals surface area contributed by atoms with E-state index in [1.54, 1.807) is 56.5 Å². The molecule has 0 aliphatic carbocycles. The molecular weight excluding hydrogens is 522 g/mol. The molecule has 2 aromatic rings. The Morgan fingerprint density at radius 2 is 1.82 bits per heavy atom. The first-order valence-electron chi connectivity index (χ1n) is 11.0. The molecule has 34 heavy (non-hydrogen) atoms. The number of carbonyl (C=O) groups is 2. The summed E-state index contributed by atoms with van der Waals surface area (Å²) in [5.74, 6) is -0.161. The fraction of sp³-hybridized carbons (Fsp3) is 0.417. The molecule has 2 aromatic carbocycles. The lowest BCUT2D eigenvalue weighted by molar-refractivity contribution is -0.139. The average molecular weight is 555 g/mol. The molecule has 0 aliphatic rings. The SMILES string of the molecule is CCCCNC(=O)[C@H](C)N(Cc1cccc(OC)c1)C(=O)CN(c1ccc(Br)cc1)S(C)(=O)=O. The summed E-state index contributed by atoms with van der Waals surface area (Å²) in [4.78, 5) is 27.7. The van der Waals surface area contributed by atoms with Crippen LogP contribution in [0.25, 0.3) is 0 Å². The van der Waals surface area contributed by atoms with Crippen LogP contribution in [0.3, 0.4) is 0 Å². The molecule has 8 nitrogen and oxygen atoms in total. The lowest BCUT2D eigenvalue weighted by atomic mass is 10.1. The molecule has 10 heteroatoms. The summed E-state index contributed by atoms with van der Waals surface area (Å²) in [5.41, 5.74) is 1.12. The van der Waals surface area contributed by atoms with Crippen LogP contribution in [0.15, 0.2) is 53.0 Å². The van der Waals surface area contributed by atoms with Gasteiger partial charge in [-0.2, -0.15) is 0 Å². The second-order valence-electron chi connectivity index (χ2n) is 7.94. The Kier molecular flexibility index (Phi) is 10.4. The summed E-state index contributed by atoms with van der Waals surface area (Å²) in [7, 11) is -2.21. The second-order valence-corrected chi connectivity index (χ2v) is 10.8. The van der Waals surface area contributed by atoms with Gasteiger partial charge >= 0.3 is 0 Å². The molecule has 2 rings (SSSR count). The lowest BCUT2D eigenvalue weighted by Crippen LogP contribution is -2.51. The number of anilines is 1. The van der Waals surface area contributed by atoms with Gasteiger partial charge in [0.25, 0.3) is 0 Å². The summed E-state index contributed by atoms with van der Waals surface area (Å²) in [5, 5.41) is 2.85. The van der Waals surface area contributed by atoms with Gasteiger partial charge in [0.1, 0.15) is 18.3 Å². The van der Waals surface area contributed by atoms with E-state index in [2.05, 4.69) is 21.2 Å². The highest BCUT2D eigenvalue weighted by Crippen LogP contribution is 2.22. The van der Waals surface area contributed by atoms with Gasteiger partial charge in [-0.15, -0.1) is 0 Å². The Balaban J connectivity index is 2.35. The van der Waals surface area contributed by atoms with Gasteiger partial charge < -0.3 is 15.0 Å². The van der Waals surface area contributed by atoms with E-state index in [0.29, 0.717) is 18.0 Å². The van der Waals surface area contributed by atoms with Crippen molar-refractivity contribution in [2.75, 3.05) is 30.8 Å². The molecule has 0 aliphatic heterocycles. The van der Waals surface area contributed by atoms with E-state index >= 15 is 0 Å². The van der Waals surface area contributed by atoms with Crippen molar-refractivity contribution in [3.05, 3.63) is 58.6 Å². The Morgan fingerprint density at radius 1 is 1.15 bits per heavy atom. The number of carbonyl (C=O) groups excluding carboxylic acids is 2. The Morgan fingerprint density at radius 3 is 2.41 bits per heavy atom.